The first-order valence-corrected chi connectivity index (χ1v) is 6.23. The van der Waals surface area contributed by atoms with Crippen molar-refractivity contribution in [3.05, 3.63) is 70.8 Å². The minimum absolute atomic E-state index is 0.0126. The van der Waals surface area contributed by atoms with E-state index in [1.807, 2.05) is 31.2 Å². The summed E-state index contributed by atoms with van der Waals surface area (Å²) in [5.74, 6) is -1.91. The summed E-state index contributed by atoms with van der Waals surface area (Å²) in [5, 5.41) is 0. The summed E-state index contributed by atoms with van der Waals surface area (Å²) >= 11 is 0. The fourth-order valence-electron chi connectivity index (χ4n) is 2.01. The molecule has 0 saturated heterocycles. The van der Waals surface area contributed by atoms with E-state index in [-0.39, 0.29) is 5.56 Å². The zero-order valence-corrected chi connectivity index (χ0v) is 11.4. The van der Waals surface area contributed by atoms with Crippen molar-refractivity contribution in [2.45, 2.75) is 13.5 Å². The molecule has 2 aromatic carbocycles. The molecule has 0 N–H and O–H groups in total. The van der Waals surface area contributed by atoms with E-state index in [9.17, 15) is 13.6 Å². The third kappa shape index (κ3) is 3.20. The molecule has 4 heteroatoms. The highest BCUT2D eigenvalue weighted by molar-refractivity contribution is 5.94. The van der Waals surface area contributed by atoms with Crippen LogP contribution in [-0.4, -0.2) is 17.9 Å². The van der Waals surface area contributed by atoms with Crippen LogP contribution in [-0.2, 0) is 6.54 Å². The van der Waals surface area contributed by atoms with E-state index in [1.165, 1.54) is 4.90 Å². The fraction of sp³-hybridized carbons (Fsp3) is 0.188. The van der Waals surface area contributed by atoms with Gasteiger partial charge in [0.05, 0.1) is 0 Å². The van der Waals surface area contributed by atoms with Gasteiger partial charge < -0.3 is 4.90 Å². The molecule has 2 aromatic rings. The number of carbonyl (C=O) groups is 1. The van der Waals surface area contributed by atoms with Gasteiger partial charge in [-0.15, -0.1) is 0 Å². The van der Waals surface area contributed by atoms with Crippen LogP contribution in [0.15, 0.2) is 42.5 Å². The van der Waals surface area contributed by atoms with Crippen LogP contribution >= 0.6 is 0 Å². The Kier molecular flexibility index (Phi) is 4.13. The quantitative estimate of drug-likeness (QED) is 0.839. The second-order valence-electron chi connectivity index (χ2n) is 4.75. The molecule has 0 heterocycles. The number of hydrogen-bond acceptors (Lipinski definition) is 1. The van der Waals surface area contributed by atoms with Crippen LogP contribution < -0.4 is 0 Å². The molecule has 20 heavy (non-hydrogen) atoms. The molecule has 104 valence electrons. The summed E-state index contributed by atoms with van der Waals surface area (Å²) in [5.41, 5.74) is 2.08. The van der Waals surface area contributed by atoms with Crippen molar-refractivity contribution in [3.8, 4) is 0 Å². The minimum Gasteiger partial charge on any atom is -0.337 e. The SMILES string of the molecule is Cc1ccccc1CN(C)C(=O)c1cc(F)cc(F)c1. The highest BCUT2D eigenvalue weighted by Gasteiger charge is 2.14. The van der Waals surface area contributed by atoms with Crippen LogP contribution in [0.4, 0.5) is 8.78 Å². The lowest BCUT2D eigenvalue weighted by molar-refractivity contribution is 0.0784. The third-order valence-corrected chi connectivity index (χ3v) is 3.12. The Hall–Kier alpha value is -2.23. The molecule has 2 nitrogen and oxygen atoms in total. The van der Waals surface area contributed by atoms with Crippen molar-refractivity contribution in [1.82, 2.24) is 4.90 Å². The third-order valence-electron chi connectivity index (χ3n) is 3.12. The molecule has 2 rings (SSSR count). The predicted octanol–water partition coefficient (Wildman–Crippen LogP) is 3.55. The second-order valence-corrected chi connectivity index (χ2v) is 4.75. The Morgan fingerprint density at radius 3 is 2.30 bits per heavy atom. The maximum atomic E-state index is 13.1. The lowest BCUT2D eigenvalue weighted by Gasteiger charge is -2.18. The topological polar surface area (TPSA) is 20.3 Å². The summed E-state index contributed by atoms with van der Waals surface area (Å²) in [4.78, 5) is 13.6. The largest absolute Gasteiger partial charge is 0.337 e. The first kappa shape index (κ1) is 14.2. The summed E-state index contributed by atoms with van der Waals surface area (Å²) in [7, 11) is 1.61. The fourth-order valence-corrected chi connectivity index (χ4v) is 2.01. The van der Waals surface area contributed by atoms with Gasteiger partial charge in [0, 0.05) is 25.2 Å². The van der Waals surface area contributed by atoms with Gasteiger partial charge in [0.15, 0.2) is 0 Å². The van der Waals surface area contributed by atoms with Crippen molar-refractivity contribution in [2.24, 2.45) is 0 Å². The van der Waals surface area contributed by atoms with Gasteiger partial charge in [-0.25, -0.2) is 8.78 Å². The smallest absolute Gasteiger partial charge is 0.254 e. The number of nitrogens with zero attached hydrogens (tertiary/aromatic N) is 1. The van der Waals surface area contributed by atoms with Crippen molar-refractivity contribution >= 4 is 5.91 Å². The van der Waals surface area contributed by atoms with E-state index in [0.29, 0.717) is 6.54 Å². The lowest BCUT2D eigenvalue weighted by atomic mass is 10.1. The molecule has 0 aliphatic rings. The monoisotopic (exact) mass is 275 g/mol. The second kappa shape index (κ2) is 5.82. The van der Waals surface area contributed by atoms with Gasteiger partial charge in [0.25, 0.3) is 5.91 Å². The van der Waals surface area contributed by atoms with E-state index in [4.69, 9.17) is 0 Å². The molecule has 0 unspecified atom stereocenters. The van der Waals surface area contributed by atoms with Crippen molar-refractivity contribution in [1.29, 1.82) is 0 Å². The highest BCUT2D eigenvalue weighted by atomic mass is 19.1. The molecule has 0 radical (unpaired) electrons. The van der Waals surface area contributed by atoms with Gasteiger partial charge in [-0.05, 0) is 30.2 Å². The van der Waals surface area contributed by atoms with E-state index in [2.05, 4.69) is 0 Å². The van der Waals surface area contributed by atoms with Crippen LogP contribution in [0.2, 0.25) is 0 Å². The molecule has 0 aliphatic carbocycles. The van der Waals surface area contributed by atoms with E-state index in [0.717, 1.165) is 29.3 Å². The number of aryl methyl sites for hydroxylation is 1. The van der Waals surface area contributed by atoms with E-state index >= 15 is 0 Å². The first-order valence-electron chi connectivity index (χ1n) is 6.23. The normalized spacial score (nSPS) is 10.4. The van der Waals surface area contributed by atoms with Gasteiger partial charge in [-0.1, -0.05) is 24.3 Å². The number of benzene rings is 2. The van der Waals surface area contributed by atoms with Gasteiger partial charge in [-0.2, -0.15) is 0 Å². The number of amides is 1. The molecule has 0 saturated carbocycles. The number of hydrogen-bond donors (Lipinski definition) is 0. The number of carbonyl (C=O) groups excluding carboxylic acids is 1. The minimum atomic E-state index is -0.752. The van der Waals surface area contributed by atoms with Gasteiger partial charge >= 0.3 is 0 Å². The van der Waals surface area contributed by atoms with Gasteiger partial charge in [0.2, 0.25) is 0 Å². The van der Waals surface area contributed by atoms with Gasteiger partial charge in [-0.3, -0.25) is 4.79 Å². The van der Waals surface area contributed by atoms with Crippen LogP contribution in [0.5, 0.6) is 0 Å². The van der Waals surface area contributed by atoms with Crippen LogP contribution in [0.3, 0.4) is 0 Å². The van der Waals surface area contributed by atoms with Crippen molar-refractivity contribution < 1.29 is 13.6 Å². The number of halogens is 2. The average molecular weight is 275 g/mol. The van der Waals surface area contributed by atoms with Crippen LogP contribution in [0, 0.1) is 18.6 Å². The lowest BCUT2D eigenvalue weighted by Crippen LogP contribution is -2.26. The zero-order chi connectivity index (χ0) is 14.7. The molecular formula is C16H15F2NO. The summed E-state index contributed by atoms with van der Waals surface area (Å²) in [6.07, 6.45) is 0. The van der Waals surface area contributed by atoms with Crippen molar-refractivity contribution in [2.75, 3.05) is 7.05 Å². The highest BCUT2D eigenvalue weighted by Crippen LogP contribution is 2.14. The van der Waals surface area contributed by atoms with E-state index in [1.54, 1.807) is 7.05 Å². The molecule has 0 aromatic heterocycles. The summed E-state index contributed by atoms with van der Waals surface area (Å²) in [6.45, 7) is 2.35. The maximum absolute atomic E-state index is 13.1. The van der Waals surface area contributed by atoms with Crippen LogP contribution in [0.1, 0.15) is 21.5 Å². The molecule has 0 fully saturated rings. The molecule has 0 atom stereocenters. The summed E-state index contributed by atoms with van der Waals surface area (Å²) < 4.78 is 26.3. The standard InChI is InChI=1S/C16H15F2NO/c1-11-5-3-4-6-12(11)10-19(2)16(20)13-7-14(17)9-15(18)8-13/h3-9H,10H2,1-2H3. The first-order chi connectivity index (χ1) is 9.47. The Balaban J connectivity index is 2.18. The molecule has 0 bridgehead atoms. The molecule has 0 spiro atoms. The van der Waals surface area contributed by atoms with Crippen molar-refractivity contribution in [3.63, 3.8) is 0 Å². The Labute approximate surface area is 116 Å². The van der Waals surface area contributed by atoms with Gasteiger partial charge in [0.1, 0.15) is 11.6 Å². The van der Waals surface area contributed by atoms with Crippen LogP contribution in [0.25, 0.3) is 0 Å². The molecule has 0 aliphatic heterocycles. The Bertz CT molecular complexity index is 620. The zero-order valence-electron chi connectivity index (χ0n) is 11.4. The Morgan fingerprint density at radius 2 is 1.70 bits per heavy atom. The average Bonchev–Trinajstić information content (AvgIpc) is 2.39. The molecular weight excluding hydrogens is 260 g/mol. The molecule has 1 amide bonds. The predicted molar refractivity (Wildman–Crippen MR) is 73.3 cm³/mol. The Morgan fingerprint density at radius 1 is 1.10 bits per heavy atom. The number of rotatable bonds is 3. The van der Waals surface area contributed by atoms with E-state index < -0.39 is 17.5 Å². The maximum Gasteiger partial charge on any atom is 0.254 e. The summed E-state index contributed by atoms with van der Waals surface area (Å²) in [6, 6.07) is 10.5.